The normalized spacial score (nSPS) is 20.4. The van der Waals surface area contributed by atoms with Crippen LogP contribution in [0.3, 0.4) is 0 Å². The molecule has 0 spiro atoms. The van der Waals surface area contributed by atoms with E-state index in [9.17, 15) is 0 Å². The van der Waals surface area contributed by atoms with Crippen molar-refractivity contribution in [3.05, 3.63) is 58.9 Å². The molecule has 2 aliphatic rings. The smallest absolute Gasteiger partial charge is 0.151 e. The van der Waals surface area contributed by atoms with Crippen molar-refractivity contribution in [1.29, 1.82) is 0 Å². The second-order valence-corrected chi connectivity index (χ2v) is 5.34. The van der Waals surface area contributed by atoms with Gasteiger partial charge in [-0.2, -0.15) is 0 Å². The van der Waals surface area contributed by atoms with Crippen LogP contribution >= 0.6 is 11.6 Å². The number of furan rings is 1. The Labute approximate surface area is 116 Å². The maximum atomic E-state index is 6.03. The molecule has 1 unspecified atom stereocenters. The lowest BCUT2D eigenvalue weighted by Crippen LogP contribution is -2.34. The van der Waals surface area contributed by atoms with E-state index in [0.717, 1.165) is 22.4 Å². The molecule has 0 saturated heterocycles. The van der Waals surface area contributed by atoms with Crippen LogP contribution in [0.5, 0.6) is 0 Å². The zero-order valence-electron chi connectivity index (χ0n) is 10.4. The van der Waals surface area contributed by atoms with Gasteiger partial charge >= 0.3 is 0 Å². The minimum absolute atomic E-state index is 0.286. The Morgan fingerprint density at radius 2 is 2.16 bits per heavy atom. The molecule has 3 heteroatoms. The second-order valence-electron chi connectivity index (χ2n) is 4.90. The number of anilines is 1. The molecule has 0 N–H and O–H groups in total. The van der Waals surface area contributed by atoms with Crippen LogP contribution in [-0.4, -0.2) is 13.1 Å². The Kier molecular flexibility index (Phi) is 2.18. The number of fused-ring (bicyclic) bond motifs is 4. The molecule has 0 radical (unpaired) electrons. The summed E-state index contributed by atoms with van der Waals surface area (Å²) >= 11 is 6.03. The number of hydrogen-bond donors (Lipinski definition) is 0. The molecule has 0 saturated carbocycles. The van der Waals surface area contributed by atoms with Gasteiger partial charge in [0.2, 0.25) is 0 Å². The number of benzene rings is 1. The van der Waals surface area contributed by atoms with Crippen LogP contribution in [0.2, 0.25) is 5.02 Å². The summed E-state index contributed by atoms with van der Waals surface area (Å²) < 4.78 is 5.93. The summed E-state index contributed by atoms with van der Waals surface area (Å²) in [6, 6.07) is 6.09. The van der Waals surface area contributed by atoms with E-state index < -0.39 is 0 Å². The maximum absolute atomic E-state index is 6.03. The molecule has 1 atom stereocenters. The Balaban J connectivity index is 2.01. The minimum atomic E-state index is 0.286. The quantitative estimate of drug-likeness (QED) is 0.704. The molecular formula is C16H12ClNO. The Morgan fingerprint density at radius 3 is 3.05 bits per heavy atom. The highest BCUT2D eigenvalue weighted by atomic mass is 35.5. The van der Waals surface area contributed by atoms with Crippen LogP contribution in [0.15, 0.2) is 52.5 Å². The van der Waals surface area contributed by atoms with E-state index in [1.54, 1.807) is 0 Å². The maximum Gasteiger partial charge on any atom is 0.151 e. The summed E-state index contributed by atoms with van der Waals surface area (Å²) in [6.45, 7) is 0. The summed E-state index contributed by atoms with van der Waals surface area (Å²) in [5.41, 5.74) is 3.23. The van der Waals surface area contributed by atoms with Gasteiger partial charge in [0.25, 0.3) is 0 Å². The third-order valence-corrected chi connectivity index (χ3v) is 3.99. The molecule has 2 heterocycles. The first kappa shape index (κ1) is 10.9. The lowest BCUT2D eigenvalue weighted by molar-refractivity contribution is 0.598. The van der Waals surface area contributed by atoms with Gasteiger partial charge in [-0.15, -0.1) is 0 Å². The van der Waals surface area contributed by atoms with Gasteiger partial charge in [-0.3, -0.25) is 0 Å². The summed E-state index contributed by atoms with van der Waals surface area (Å²) in [7, 11) is 2.10. The molecule has 1 aromatic heterocycles. The van der Waals surface area contributed by atoms with Gasteiger partial charge in [0.05, 0.1) is 11.7 Å². The first-order valence-corrected chi connectivity index (χ1v) is 6.63. The van der Waals surface area contributed by atoms with Gasteiger partial charge in [-0.05, 0) is 23.8 Å². The number of likely N-dealkylation sites (N-methyl/N-ethyl adjacent to an activating group) is 1. The number of rotatable bonds is 0. The Morgan fingerprint density at radius 1 is 1.26 bits per heavy atom. The van der Waals surface area contributed by atoms with Crippen molar-refractivity contribution < 1.29 is 4.42 Å². The Hall–Kier alpha value is -1.93. The van der Waals surface area contributed by atoms with Crippen molar-refractivity contribution in [1.82, 2.24) is 0 Å². The molecule has 1 aliphatic heterocycles. The highest BCUT2D eigenvalue weighted by molar-refractivity contribution is 6.31. The van der Waals surface area contributed by atoms with Gasteiger partial charge in [0.1, 0.15) is 5.58 Å². The van der Waals surface area contributed by atoms with Crippen LogP contribution in [0, 0.1) is 0 Å². The highest BCUT2D eigenvalue weighted by Crippen LogP contribution is 2.41. The molecule has 19 heavy (non-hydrogen) atoms. The first-order valence-electron chi connectivity index (χ1n) is 6.25. The first-order chi connectivity index (χ1) is 9.24. The zero-order valence-corrected chi connectivity index (χ0v) is 11.2. The lowest BCUT2D eigenvalue weighted by atomic mass is 9.95. The fourth-order valence-electron chi connectivity index (χ4n) is 2.86. The van der Waals surface area contributed by atoms with E-state index in [1.165, 1.54) is 5.57 Å². The summed E-state index contributed by atoms with van der Waals surface area (Å²) in [5.74, 6) is 0.908. The fourth-order valence-corrected chi connectivity index (χ4v) is 3.02. The number of halogens is 1. The zero-order chi connectivity index (χ0) is 13.0. The molecule has 1 aromatic carbocycles. The number of allylic oxidation sites excluding steroid dienone is 2. The van der Waals surface area contributed by atoms with Gasteiger partial charge in [-0.1, -0.05) is 35.9 Å². The fraction of sp³-hybridized carbons (Fsp3) is 0.125. The molecule has 94 valence electrons. The summed E-state index contributed by atoms with van der Waals surface area (Å²) in [6.07, 6.45) is 10.6. The molecule has 2 nitrogen and oxygen atoms in total. The van der Waals surface area contributed by atoms with Gasteiger partial charge in [-0.25, -0.2) is 0 Å². The minimum Gasteiger partial charge on any atom is -0.454 e. The number of nitrogens with zero attached hydrogens (tertiary/aromatic N) is 1. The summed E-state index contributed by atoms with van der Waals surface area (Å²) in [5, 5.41) is 1.81. The van der Waals surface area contributed by atoms with Gasteiger partial charge in [0.15, 0.2) is 5.76 Å². The van der Waals surface area contributed by atoms with Crippen molar-refractivity contribution in [2.75, 3.05) is 11.9 Å². The van der Waals surface area contributed by atoms with E-state index in [-0.39, 0.29) is 6.04 Å². The molecule has 0 bridgehead atoms. The molecule has 1 aliphatic carbocycles. The summed E-state index contributed by atoms with van der Waals surface area (Å²) in [4.78, 5) is 2.25. The van der Waals surface area contributed by atoms with Crippen molar-refractivity contribution >= 4 is 34.3 Å². The highest BCUT2D eigenvalue weighted by Gasteiger charge is 2.28. The topological polar surface area (TPSA) is 16.4 Å². The van der Waals surface area contributed by atoms with Crippen molar-refractivity contribution in [2.45, 2.75) is 6.04 Å². The van der Waals surface area contributed by atoms with E-state index in [1.807, 2.05) is 18.2 Å². The van der Waals surface area contributed by atoms with Crippen LogP contribution in [0.1, 0.15) is 5.76 Å². The van der Waals surface area contributed by atoms with E-state index in [2.05, 4.69) is 42.3 Å². The van der Waals surface area contributed by atoms with Crippen LogP contribution < -0.4 is 4.90 Å². The molecule has 0 fully saturated rings. The molecule has 0 amide bonds. The van der Waals surface area contributed by atoms with Gasteiger partial charge < -0.3 is 9.32 Å². The molecule has 2 aromatic rings. The van der Waals surface area contributed by atoms with Gasteiger partial charge in [0, 0.05) is 23.5 Å². The van der Waals surface area contributed by atoms with Crippen molar-refractivity contribution in [2.24, 2.45) is 0 Å². The van der Waals surface area contributed by atoms with E-state index >= 15 is 0 Å². The van der Waals surface area contributed by atoms with E-state index in [4.69, 9.17) is 16.0 Å². The third-order valence-electron chi connectivity index (χ3n) is 3.75. The largest absolute Gasteiger partial charge is 0.454 e. The standard InChI is InChI=1S/C16H12ClNO/c1-18-13-5-3-2-4-10(13)8-15-16(18)12-7-6-11(17)9-14(12)19-15/h2-9,13H,1H3. The average molecular weight is 270 g/mol. The van der Waals surface area contributed by atoms with Crippen LogP contribution in [0.25, 0.3) is 17.0 Å². The third kappa shape index (κ3) is 1.50. The Bertz CT molecular complexity index is 766. The molecular weight excluding hydrogens is 258 g/mol. The monoisotopic (exact) mass is 269 g/mol. The van der Waals surface area contributed by atoms with E-state index in [0.29, 0.717) is 5.02 Å². The second kappa shape index (κ2) is 3.78. The number of hydrogen-bond acceptors (Lipinski definition) is 2. The average Bonchev–Trinajstić information content (AvgIpc) is 2.76. The van der Waals surface area contributed by atoms with Crippen molar-refractivity contribution in [3.63, 3.8) is 0 Å². The lowest BCUT2D eigenvalue weighted by Gasteiger charge is -2.32. The van der Waals surface area contributed by atoms with Crippen molar-refractivity contribution in [3.8, 4) is 0 Å². The van der Waals surface area contributed by atoms with Crippen LogP contribution in [0.4, 0.5) is 5.69 Å². The predicted molar refractivity (Wildman–Crippen MR) is 79.7 cm³/mol. The molecule has 4 rings (SSSR count). The SMILES string of the molecule is CN1c2c(oc3cc(Cl)ccc23)C=C2C=CC=CC21. The van der Waals surface area contributed by atoms with Crippen LogP contribution in [-0.2, 0) is 0 Å². The predicted octanol–water partition coefficient (Wildman–Crippen LogP) is 4.41.